The number of nitrogens with zero attached hydrogens (tertiary/aromatic N) is 5. The van der Waals surface area contributed by atoms with E-state index in [-0.39, 0.29) is 32.5 Å². The monoisotopic (exact) mass is 657 g/mol. The maximum Gasteiger partial charge on any atom is 0.256 e. The Labute approximate surface area is 259 Å². The zero-order valence-electron chi connectivity index (χ0n) is 24.9. The maximum atomic E-state index is 13.4. The van der Waals surface area contributed by atoms with E-state index in [9.17, 15) is 38.2 Å². The van der Waals surface area contributed by atoms with Crippen LogP contribution in [0, 0.1) is 25.6 Å². The molecular formula is C24H39N11O9S. The first kappa shape index (κ1) is 36.6. The van der Waals surface area contributed by atoms with Gasteiger partial charge in [0.25, 0.3) is 11.9 Å². The number of nitrogens with two attached hydrogens (primary N) is 1. The van der Waals surface area contributed by atoms with E-state index < -0.39 is 74.4 Å². The number of hydrazine groups is 2. The average Bonchev–Trinajstić information content (AvgIpc) is 2.94. The predicted octanol–water partition coefficient (Wildman–Crippen LogP) is -1.53. The SMILES string of the molecule is CCOC1C(NC(=O)CN(C)C(=O)C(CCCN=C(N)N[N+](=O)[O-])NS(=O)(=O)Cc2ccccc2)CCCN1C(=N)N[N+](=O)[O-]. The van der Waals surface area contributed by atoms with E-state index in [1.165, 1.54) is 11.9 Å². The van der Waals surface area contributed by atoms with Crippen molar-refractivity contribution in [3.05, 3.63) is 56.1 Å². The van der Waals surface area contributed by atoms with Crippen LogP contribution in [-0.2, 0) is 30.1 Å². The summed E-state index contributed by atoms with van der Waals surface area (Å²) in [5.41, 5.74) is 9.36. The molecule has 1 fully saturated rings. The lowest BCUT2D eigenvalue weighted by Crippen LogP contribution is -2.61. The van der Waals surface area contributed by atoms with Crippen molar-refractivity contribution in [1.29, 1.82) is 5.41 Å². The molecule has 2 amide bonds. The second-order valence-corrected chi connectivity index (χ2v) is 11.7. The molecule has 1 aromatic rings. The number of amides is 2. The van der Waals surface area contributed by atoms with Crippen LogP contribution in [0.1, 0.15) is 38.2 Å². The van der Waals surface area contributed by atoms with Gasteiger partial charge in [-0.15, -0.1) is 0 Å². The molecule has 0 radical (unpaired) electrons. The van der Waals surface area contributed by atoms with Gasteiger partial charge in [0.15, 0.2) is 16.3 Å². The second-order valence-electron chi connectivity index (χ2n) is 9.96. The smallest absolute Gasteiger partial charge is 0.256 e. The van der Waals surface area contributed by atoms with Gasteiger partial charge in [-0.3, -0.25) is 15.0 Å². The molecule has 1 heterocycles. The van der Waals surface area contributed by atoms with Crippen LogP contribution in [0.3, 0.4) is 0 Å². The Bertz CT molecular complexity index is 1330. The Morgan fingerprint density at radius 1 is 1.22 bits per heavy atom. The third kappa shape index (κ3) is 12.9. The van der Waals surface area contributed by atoms with Crippen LogP contribution < -0.4 is 26.6 Å². The molecule has 3 atom stereocenters. The van der Waals surface area contributed by atoms with Crippen LogP contribution in [0.15, 0.2) is 35.3 Å². The summed E-state index contributed by atoms with van der Waals surface area (Å²) in [6.07, 6.45) is 0.0868. The van der Waals surface area contributed by atoms with Crippen molar-refractivity contribution in [2.45, 2.75) is 56.7 Å². The van der Waals surface area contributed by atoms with Gasteiger partial charge in [0.1, 0.15) is 6.04 Å². The number of hydrogen-bond donors (Lipinski definition) is 6. The molecule has 1 saturated heterocycles. The lowest BCUT2D eigenvalue weighted by Gasteiger charge is -2.41. The number of carbonyl (C=O) groups is 2. The number of hydrogen-bond acceptors (Lipinski definition) is 11. The van der Waals surface area contributed by atoms with Crippen molar-refractivity contribution in [1.82, 2.24) is 30.7 Å². The fraction of sp³-hybridized carbons (Fsp3) is 0.583. The zero-order valence-corrected chi connectivity index (χ0v) is 25.7. The predicted molar refractivity (Wildman–Crippen MR) is 161 cm³/mol. The number of aliphatic imine (C=N–C) groups is 1. The highest BCUT2D eigenvalue weighted by molar-refractivity contribution is 7.88. The summed E-state index contributed by atoms with van der Waals surface area (Å²) in [5, 5.41) is 30.3. The van der Waals surface area contributed by atoms with Crippen molar-refractivity contribution < 1.29 is 32.8 Å². The van der Waals surface area contributed by atoms with Gasteiger partial charge in [-0.1, -0.05) is 41.2 Å². The van der Waals surface area contributed by atoms with Gasteiger partial charge in [0.05, 0.1) is 18.3 Å². The standard InChI is InChI=1S/C24H39N11O9S/c1-3-44-22-19(12-8-14-33(22)24(26)30-35(40)41)28-20(36)15-32(2)21(37)18(11-7-13-27-23(25)29-34(38)39)31-45(42,43)16-17-9-5-4-6-10-17/h4-6,9-10,18-19,22,31H,3,7-8,11-16H2,1-2H3,(H2,26,30)(H,28,36)(H3,25,27,29). The number of likely N-dealkylation sites (N-methyl/N-ethyl adjacent to an activating group) is 1. The summed E-state index contributed by atoms with van der Waals surface area (Å²) in [5.74, 6) is -2.69. The molecule has 1 aromatic carbocycles. The molecule has 20 nitrogen and oxygen atoms in total. The van der Waals surface area contributed by atoms with E-state index in [2.05, 4.69) is 15.0 Å². The number of carbonyl (C=O) groups excluding carboxylic acids is 2. The molecule has 21 heteroatoms. The van der Waals surface area contributed by atoms with E-state index in [1.807, 2.05) is 0 Å². The first-order valence-electron chi connectivity index (χ1n) is 13.9. The van der Waals surface area contributed by atoms with E-state index >= 15 is 0 Å². The molecule has 7 N–H and O–H groups in total. The normalized spacial score (nSPS) is 17.6. The Morgan fingerprint density at radius 3 is 2.51 bits per heavy atom. The van der Waals surface area contributed by atoms with Crippen molar-refractivity contribution in [2.24, 2.45) is 10.7 Å². The lowest BCUT2D eigenvalue weighted by molar-refractivity contribution is -0.527. The molecule has 0 spiro atoms. The number of likely N-dealkylation sites (tertiary alicyclic amines) is 1. The molecule has 0 aromatic heterocycles. The first-order valence-corrected chi connectivity index (χ1v) is 15.5. The van der Waals surface area contributed by atoms with Gasteiger partial charge >= 0.3 is 0 Å². The Hall–Kier alpha value is -4.63. The van der Waals surface area contributed by atoms with Crippen LogP contribution >= 0.6 is 0 Å². The molecule has 2 rings (SSSR count). The van der Waals surface area contributed by atoms with Crippen molar-refractivity contribution >= 4 is 33.8 Å². The highest BCUT2D eigenvalue weighted by Crippen LogP contribution is 2.19. The van der Waals surface area contributed by atoms with Gasteiger partial charge in [0.2, 0.25) is 21.8 Å². The Kier molecular flexibility index (Phi) is 14.3. The number of benzene rings is 1. The largest absolute Gasteiger partial charge is 0.365 e. The fourth-order valence-corrected chi connectivity index (χ4v) is 5.97. The maximum absolute atomic E-state index is 13.4. The van der Waals surface area contributed by atoms with Gasteiger partial charge < -0.3 is 25.6 Å². The third-order valence-corrected chi connectivity index (χ3v) is 7.81. The number of sulfonamides is 1. The lowest BCUT2D eigenvalue weighted by atomic mass is 10.0. The molecule has 3 unspecified atom stereocenters. The van der Waals surface area contributed by atoms with E-state index in [0.717, 1.165) is 4.90 Å². The number of nitro groups is 2. The quantitative estimate of drug-likeness (QED) is 0.0387. The summed E-state index contributed by atoms with van der Waals surface area (Å²) in [7, 11) is -2.70. The third-order valence-electron chi connectivity index (χ3n) is 6.45. The van der Waals surface area contributed by atoms with Gasteiger partial charge in [-0.05, 0) is 38.2 Å². The minimum atomic E-state index is -4.03. The highest BCUT2D eigenvalue weighted by atomic mass is 32.2. The minimum absolute atomic E-state index is 0.0572. The fourth-order valence-electron chi connectivity index (χ4n) is 4.60. The Morgan fingerprint density at radius 2 is 1.89 bits per heavy atom. The van der Waals surface area contributed by atoms with Crippen molar-refractivity contribution in [2.75, 3.05) is 33.3 Å². The van der Waals surface area contributed by atoms with E-state index in [1.54, 1.807) is 48.1 Å². The van der Waals surface area contributed by atoms with Gasteiger partial charge in [-0.25, -0.2) is 38.4 Å². The molecule has 1 aliphatic rings. The van der Waals surface area contributed by atoms with Crippen LogP contribution in [-0.4, -0.2) is 104 Å². The number of guanidine groups is 2. The van der Waals surface area contributed by atoms with E-state index in [0.29, 0.717) is 18.4 Å². The molecular weight excluding hydrogens is 618 g/mol. The summed E-state index contributed by atoms with van der Waals surface area (Å²) >= 11 is 0. The zero-order chi connectivity index (χ0) is 33.6. The van der Waals surface area contributed by atoms with E-state index in [4.69, 9.17) is 15.9 Å². The molecule has 45 heavy (non-hydrogen) atoms. The molecule has 1 aliphatic heterocycles. The molecule has 250 valence electrons. The van der Waals surface area contributed by atoms with Gasteiger partial charge in [-0.2, -0.15) is 0 Å². The number of piperidine rings is 1. The van der Waals surface area contributed by atoms with Gasteiger partial charge in [0, 0.05) is 26.7 Å². The number of ether oxygens (including phenoxy) is 1. The summed E-state index contributed by atoms with van der Waals surface area (Å²) in [6.45, 7) is 1.64. The van der Waals surface area contributed by atoms with Crippen LogP contribution in [0.2, 0.25) is 0 Å². The highest BCUT2D eigenvalue weighted by Gasteiger charge is 2.36. The average molecular weight is 658 g/mol. The van der Waals surface area contributed by atoms with Crippen molar-refractivity contribution in [3.63, 3.8) is 0 Å². The van der Waals surface area contributed by atoms with Crippen LogP contribution in [0.5, 0.6) is 0 Å². The summed E-state index contributed by atoms with van der Waals surface area (Å²) in [4.78, 5) is 53.9. The number of nitrogens with one attached hydrogen (secondary N) is 5. The topological polar surface area (TPSA) is 281 Å². The summed E-state index contributed by atoms with van der Waals surface area (Å²) < 4.78 is 34.0. The number of rotatable bonds is 16. The summed E-state index contributed by atoms with van der Waals surface area (Å²) in [6, 6.07) is 6.33. The van der Waals surface area contributed by atoms with Crippen molar-refractivity contribution in [3.8, 4) is 0 Å². The van der Waals surface area contributed by atoms with Crippen LogP contribution in [0.4, 0.5) is 0 Å². The second kappa shape index (κ2) is 17.6. The molecule has 0 aliphatic carbocycles. The van der Waals surface area contributed by atoms with Crippen LogP contribution in [0.25, 0.3) is 0 Å². The molecule has 0 bridgehead atoms. The first-order chi connectivity index (χ1) is 21.2. The Balaban J connectivity index is 2.12. The minimum Gasteiger partial charge on any atom is -0.365 e. The molecule has 0 saturated carbocycles.